The lowest BCUT2D eigenvalue weighted by Gasteiger charge is -2.12. The van der Waals surface area contributed by atoms with Crippen molar-refractivity contribution in [1.82, 2.24) is 9.55 Å². The van der Waals surface area contributed by atoms with Crippen molar-refractivity contribution in [3.63, 3.8) is 0 Å². The topological polar surface area (TPSA) is 53.1 Å². The number of aromatic nitrogens is 2. The van der Waals surface area contributed by atoms with Crippen LogP contribution in [0.2, 0.25) is 0 Å². The van der Waals surface area contributed by atoms with Crippen LogP contribution in [-0.2, 0) is 11.3 Å². The number of nitrogens with two attached hydrogens (primary N) is 1. The second-order valence-corrected chi connectivity index (χ2v) is 3.58. The Balaban J connectivity index is 1.95. The number of rotatable bonds is 2. The van der Waals surface area contributed by atoms with Gasteiger partial charge >= 0.3 is 0 Å². The molecule has 1 aromatic rings. The molecule has 1 saturated heterocycles. The minimum atomic E-state index is 0.312. The third-order valence-electron chi connectivity index (χ3n) is 2.47. The van der Waals surface area contributed by atoms with Gasteiger partial charge in [0.05, 0.1) is 18.8 Å². The molecule has 72 valence electrons. The average molecular weight is 181 g/mol. The quantitative estimate of drug-likeness (QED) is 0.741. The molecule has 2 unspecified atom stereocenters. The largest absolute Gasteiger partial charge is 0.373 e. The third kappa shape index (κ3) is 1.83. The van der Waals surface area contributed by atoms with Crippen molar-refractivity contribution in [3.05, 3.63) is 12.4 Å². The van der Waals surface area contributed by atoms with Gasteiger partial charge in [0.15, 0.2) is 5.95 Å². The molecule has 0 aliphatic carbocycles. The summed E-state index contributed by atoms with van der Waals surface area (Å²) in [6.45, 7) is 2.94. The van der Waals surface area contributed by atoms with Gasteiger partial charge in [-0.3, -0.25) is 0 Å². The average Bonchev–Trinajstić information content (AvgIpc) is 2.64. The van der Waals surface area contributed by atoms with Gasteiger partial charge in [0.25, 0.3) is 0 Å². The molecule has 2 N–H and O–H groups in total. The van der Waals surface area contributed by atoms with E-state index >= 15 is 0 Å². The van der Waals surface area contributed by atoms with Crippen molar-refractivity contribution >= 4 is 5.95 Å². The summed E-state index contributed by atoms with van der Waals surface area (Å²) in [7, 11) is 0. The maximum atomic E-state index is 5.69. The van der Waals surface area contributed by atoms with Crippen LogP contribution in [0.1, 0.15) is 19.8 Å². The molecular formula is C9H15N3O. The SMILES string of the molecule is CC1CCC(Cn2ccnc2N)O1. The summed E-state index contributed by atoms with van der Waals surface area (Å²) >= 11 is 0. The fourth-order valence-electron chi connectivity index (χ4n) is 1.73. The van der Waals surface area contributed by atoms with Crippen LogP contribution in [0.3, 0.4) is 0 Å². The van der Waals surface area contributed by atoms with E-state index in [1.54, 1.807) is 6.20 Å². The molecule has 0 radical (unpaired) electrons. The molecule has 0 amide bonds. The number of hydrogen-bond acceptors (Lipinski definition) is 3. The zero-order valence-electron chi connectivity index (χ0n) is 7.81. The maximum Gasteiger partial charge on any atom is 0.200 e. The molecule has 0 aromatic carbocycles. The zero-order chi connectivity index (χ0) is 9.26. The summed E-state index contributed by atoms with van der Waals surface area (Å²) in [5, 5.41) is 0. The lowest BCUT2D eigenvalue weighted by Crippen LogP contribution is -2.17. The van der Waals surface area contributed by atoms with Crippen LogP contribution in [0.4, 0.5) is 5.95 Å². The Morgan fingerprint density at radius 3 is 3.08 bits per heavy atom. The van der Waals surface area contributed by atoms with Crippen LogP contribution < -0.4 is 5.73 Å². The summed E-state index contributed by atoms with van der Waals surface area (Å²) in [6.07, 6.45) is 6.59. The van der Waals surface area contributed by atoms with Crippen LogP contribution in [-0.4, -0.2) is 21.8 Å². The van der Waals surface area contributed by atoms with Gasteiger partial charge in [0, 0.05) is 12.4 Å². The van der Waals surface area contributed by atoms with Crippen LogP contribution in [0, 0.1) is 0 Å². The van der Waals surface area contributed by atoms with Crippen molar-refractivity contribution in [1.29, 1.82) is 0 Å². The first-order valence-corrected chi connectivity index (χ1v) is 4.68. The molecule has 0 saturated carbocycles. The van der Waals surface area contributed by atoms with Gasteiger partial charge in [-0.05, 0) is 19.8 Å². The summed E-state index contributed by atoms with van der Waals surface area (Å²) in [4.78, 5) is 3.96. The van der Waals surface area contributed by atoms with Gasteiger partial charge in [0.1, 0.15) is 0 Å². The first-order chi connectivity index (χ1) is 6.25. The molecule has 4 nitrogen and oxygen atoms in total. The fraction of sp³-hybridized carbons (Fsp3) is 0.667. The Hall–Kier alpha value is -1.03. The Bertz CT molecular complexity index is 284. The summed E-state index contributed by atoms with van der Waals surface area (Å²) in [5.41, 5.74) is 5.65. The van der Waals surface area contributed by atoms with E-state index in [1.165, 1.54) is 0 Å². The lowest BCUT2D eigenvalue weighted by atomic mass is 10.2. The van der Waals surface area contributed by atoms with Crippen LogP contribution >= 0.6 is 0 Å². The maximum absolute atomic E-state index is 5.69. The van der Waals surface area contributed by atoms with Crippen LogP contribution in [0.15, 0.2) is 12.4 Å². The first kappa shape index (κ1) is 8.56. The highest BCUT2D eigenvalue weighted by molar-refractivity contribution is 5.16. The molecule has 1 aliphatic rings. The Morgan fingerprint density at radius 1 is 1.69 bits per heavy atom. The molecule has 0 bridgehead atoms. The van der Waals surface area contributed by atoms with Gasteiger partial charge in [-0.15, -0.1) is 0 Å². The van der Waals surface area contributed by atoms with Gasteiger partial charge in [-0.25, -0.2) is 4.98 Å². The molecule has 1 fully saturated rings. The van der Waals surface area contributed by atoms with Crippen molar-refractivity contribution in [3.8, 4) is 0 Å². The molecule has 2 rings (SSSR count). The summed E-state index contributed by atoms with van der Waals surface area (Å²) in [5.74, 6) is 0.572. The second-order valence-electron chi connectivity index (χ2n) is 3.58. The van der Waals surface area contributed by atoms with Crippen molar-refractivity contribution < 1.29 is 4.74 Å². The number of nitrogens with zero attached hydrogens (tertiary/aromatic N) is 2. The van der Waals surface area contributed by atoms with Crippen LogP contribution in [0.5, 0.6) is 0 Å². The molecular weight excluding hydrogens is 166 g/mol. The molecule has 2 atom stereocenters. The molecule has 13 heavy (non-hydrogen) atoms. The van der Waals surface area contributed by atoms with Gasteiger partial charge in [0.2, 0.25) is 0 Å². The van der Waals surface area contributed by atoms with Crippen molar-refractivity contribution in [2.24, 2.45) is 0 Å². The van der Waals surface area contributed by atoms with Gasteiger partial charge < -0.3 is 15.0 Å². The minimum absolute atomic E-state index is 0.312. The highest BCUT2D eigenvalue weighted by Crippen LogP contribution is 2.20. The zero-order valence-corrected chi connectivity index (χ0v) is 7.81. The van der Waals surface area contributed by atoms with Crippen molar-refractivity contribution in [2.45, 2.75) is 38.5 Å². The monoisotopic (exact) mass is 181 g/mol. The second kappa shape index (κ2) is 3.38. The molecule has 0 spiro atoms. The predicted molar refractivity (Wildman–Crippen MR) is 50.2 cm³/mol. The molecule has 2 heterocycles. The minimum Gasteiger partial charge on any atom is -0.373 e. The summed E-state index contributed by atoms with van der Waals surface area (Å²) < 4.78 is 7.62. The number of hydrogen-bond donors (Lipinski definition) is 1. The number of anilines is 1. The predicted octanol–water partition coefficient (Wildman–Crippen LogP) is 1.03. The number of imidazole rings is 1. The Kier molecular flexibility index (Phi) is 2.22. The fourth-order valence-corrected chi connectivity index (χ4v) is 1.73. The number of nitrogen functional groups attached to an aromatic ring is 1. The van der Waals surface area contributed by atoms with E-state index in [-0.39, 0.29) is 0 Å². The van der Waals surface area contributed by atoms with E-state index in [4.69, 9.17) is 10.5 Å². The first-order valence-electron chi connectivity index (χ1n) is 4.68. The molecule has 1 aromatic heterocycles. The third-order valence-corrected chi connectivity index (χ3v) is 2.47. The normalized spacial score (nSPS) is 28.1. The smallest absolute Gasteiger partial charge is 0.200 e. The Morgan fingerprint density at radius 2 is 2.54 bits per heavy atom. The molecule has 1 aliphatic heterocycles. The molecule has 4 heteroatoms. The Labute approximate surface area is 77.7 Å². The van der Waals surface area contributed by atoms with Gasteiger partial charge in [-0.2, -0.15) is 0 Å². The van der Waals surface area contributed by atoms with E-state index in [0.717, 1.165) is 19.4 Å². The lowest BCUT2D eigenvalue weighted by molar-refractivity contribution is 0.0461. The van der Waals surface area contributed by atoms with E-state index < -0.39 is 0 Å². The van der Waals surface area contributed by atoms with E-state index in [1.807, 2.05) is 10.8 Å². The highest BCUT2D eigenvalue weighted by Gasteiger charge is 2.22. The summed E-state index contributed by atoms with van der Waals surface area (Å²) in [6, 6.07) is 0. The van der Waals surface area contributed by atoms with E-state index in [0.29, 0.717) is 18.2 Å². The van der Waals surface area contributed by atoms with E-state index in [2.05, 4.69) is 11.9 Å². The van der Waals surface area contributed by atoms with Gasteiger partial charge in [-0.1, -0.05) is 0 Å². The van der Waals surface area contributed by atoms with Crippen LogP contribution in [0.25, 0.3) is 0 Å². The van der Waals surface area contributed by atoms with E-state index in [9.17, 15) is 0 Å². The number of ether oxygens (including phenoxy) is 1. The standard InChI is InChI=1S/C9H15N3O/c1-7-2-3-8(13-7)6-12-5-4-11-9(12)10/h4-5,7-8H,2-3,6H2,1H3,(H2,10,11). The van der Waals surface area contributed by atoms with Crippen molar-refractivity contribution in [2.75, 3.05) is 5.73 Å². The highest BCUT2D eigenvalue weighted by atomic mass is 16.5.